The smallest absolute Gasteiger partial charge is 0.410 e. The van der Waals surface area contributed by atoms with Gasteiger partial charge in [0.1, 0.15) is 47.5 Å². The van der Waals surface area contributed by atoms with Gasteiger partial charge in [-0.2, -0.15) is 0 Å². The van der Waals surface area contributed by atoms with E-state index in [2.05, 4.69) is 20.8 Å². The molecule has 1 aliphatic heterocycles. The van der Waals surface area contributed by atoms with E-state index in [1.807, 2.05) is 71.6 Å². The Morgan fingerprint density at radius 1 is 0.813 bits per heavy atom. The molecule has 18 heteroatoms. The van der Waals surface area contributed by atoms with Crippen LogP contribution in [0.1, 0.15) is 90.1 Å². The molecule has 17 nitrogen and oxygen atoms in total. The largest absolute Gasteiger partial charge is 0.507 e. The summed E-state index contributed by atoms with van der Waals surface area (Å²) in [4.78, 5) is 62.9. The van der Waals surface area contributed by atoms with Gasteiger partial charge in [0.25, 0.3) is 0 Å². The van der Waals surface area contributed by atoms with Crippen molar-refractivity contribution in [1.29, 1.82) is 0 Å². The third-order valence-corrected chi connectivity index (χ3v) is 14.6. The number of phenolic OH excluding ortho intramolecular Hbond substituents is 1. The van der Waals surface area contributed by atoms with Crippen molar-refractivity contribution in [1.82, 2.24) is 35.6 Å². The van der Waals surface area contributed by atoms with Crippen LogP contribution in [-0.4, -0.2) is 119 Å². The van der Waals surface area contributed by atoms with Crippen molar-refractivity contribution in [2.24, 2.45) is 5.92 Å². The maximum absolute atomic E-state index is 14.6. The molecular formula is C57H66N8O9S. The zero-order valence-electron chi connectivity index (χ0n) is 42.5. The normalized spacial score (nSPS) is 15.5. The summed E-state index contributed by atoms with van der Waals surface area (Å²) in [5, 5.41) is 27.4. The molecule has 1 saturated carbocycles. The molecule has 8 rings (SSSR count). The number of hydrogen-bond acceptors (Lipinski definition) is 15. The Morgan fingerprint density at radius 2 is 1.56 bits per heavy atom. The number of phenols is 1. The molecule has 1 saturated heterocycles. The summed E-state index contributed by atoms with van der Waals surface area (Å²) in [5.41, 5.74) is 11.6. The number of nitrogens with one attached hydrogen (secondary N) is 2. The summed E-state index contributed by atoms with van der Waals surface area (Å²) >= 11 is 1.35. The van der Waals surface area contributed by atoms with Crippen LogP contribution in [-0.2, 0) is 37.0 Å². The van der Waals surface area contributed by atoms with Crippen molar-refractivity contribution >= 4 is 40.8 Å². The minimum atomic E-state index is -0.879. The van der Waals surface area contributed by atoms with Gasteiger partial charge in [0.2, 0.25) is 17.6 Å². The van der Waals surface area contributed by atoms with Crippen LogP contribution in [0, 0.1) is 5.92 Å². The van der Waals surface area contributed by atoms with Gasteiger partial charge in [0.05, 0.1) is 38.2 Å². The number of likely N-dealkylation sites (N-methyl/N-ethyl adjacent to an activating group) is 1. The maximum Gasteiger partial charge on any atom is 0.410 e. The third kappa shape index (κ3) is 14.5. The SMILES string of the molecule is C[C@@H](C(=O)N[C@H](C(=O)N1CCC[C@H]1c1nc(C(=O)c2cccc(OCCOCCOCCNCc3ccc(-c4cc(-c5ccccc5O)nnc4N)cc3)c2)cs1)C1CCCCC1)N(C)C(=O)OCc1ccccc1. The van der Waals surface area contributed by atoms with E-state index >= 15 is 0 Å². The first-order valence-electron chi connectivity index (χ1n) is 25.7. The number of aromatic nitrogens is 3. The number of rotatable bonds is 24. The van der Waals surface area contributed by atoms with Gasteiger partial charge in [-0.25, -0.2) is 9.78 Å². The number of carbonyl (C=O) groups is 4. The van der Waals surface area contributed by atoms with Crippen LogP contribution < -0.4 is 21.1 Å². The number of carbonyl (C=O) groups excluding carboxylic acids is 4. The Kier molecular flexibility index (Phi) is 19.3. The lowest BCUT2D eigenvalue weighted by Crippen LogP contribution is -2.56. The van der Waals surface area contributed by atoms with Gasteiger partial charge in [-0.1, -0.05) is 98.1 Å². The standard InChI is InChI=1S/C57H66N8O9S/c1-38(64(2)57(70)74-36-40-13-5-3-6-14-40)54(68)61-51(42-15-7-4-8-16-42)56(69)65-27-12-20-49(65)55-60-48(37-75-55)52(67)43-17-11-18-44(33-43)73-32-31-72-30-29-71-28-26-59-35-39-22-24-41(25-23-39)46-34-47(62-63-53(46)58)45-19-9-10-21-50(45)66/h3,5-6,9-11,13-14,17-19,21-25,33-34,37-38,42,49,51,59,66H,4,7-8,12,15-16,20,26-32,35-36H2,1-2H3,(H2,58,63)(H,61,68)/t38-,49-,51-/m0/s1. The van der Waals surface area contributed by atoms with E-state index in [1.54, 1.807) is 54.8 Å². The highest BCUT2D eigenvalue weighted by Gasteiger charge is 2.41. The van der Waals surface area contributed by atoms with Gasteiger partial charge in [-0.3, -0.25) is 19.3 Å². The van der Waals surface area contributed by atoms with E-state index in [1.165, 1.54) is 23.3 Å². The second kappa shape index (κ2) is 26.8. The Bertz CT molecular complexity index is 2840. The molecule has 3 atom stereocenters. The average molecular weight is 1040 g/mol. The number of nitrogens with zero attached hydrogens (tertiary/aromatic N) is 5. The van der Waals surface area contributed by atoms with Crippen LogP contribution in [0.2, 0.25) is 0 Å². The highest BCUT2D eigenvalue weighted by Crippen LogP contribution is 2.37. The monoisotopic (exact) mass is 1040 g/mol. The molecule has 1 aliphatic carbocycles. The topological polar surface area (TPSA) is 221 Å². The van der Waals surface area contributed by atoms with Gasteiger partial charge in [0, 0.05) is 48.8 Å². The molecule has 3 heterocycles. The lowest BCUT2D eigenvalue weighted by molar-refractivity contribution is -0.140. The molecule has 3 amide bonds. The van der Waals surface area contributed by atoms with E-state index in [0.717, 1.165) is 60.8 Å². The van der Waals surface area contributed by atoms with Crippen LogP contribution in [0.15, 0.2) is 115 Å². The first-order valence-corrected chi connectivity index (χ1v) is 26.6. The minimum Gasteiger partial charge on any atom is -0.507 e. The van der Waals surface area contributed by atoms with E-state index in [-0.39, 0.29) is 42.6 Å². The molecule has 0 radical (unpaired) electrons. The summed E-state index contributed by atoms with van der Waals surface area (Å²) in [5.74, 6) is 0.0825. The zero-order valence-corrected chi connectivity index (χ0v) is 43.3. The first kappa shape index (κ1) is 54.0. The number of thiazole rings is 1. The Hall–Kier alpha value is -7.25. The fourth-order valence-electron chi connectivity index (χ4n) is 9.34. The lowest BCUT2D eigenvalue weighted by atomic mass is 9.83. The van der Waals surface area contributed by atoms with Crippen LogP contribution in [0.25, 0.3) is 22.4 Å². The van der Waals surface area contributed by atoms with Crippen LogP contribution in [0.5, 0.6) is 11.5 Å². The summed E-state index contributed by atoms with van der Waals surface area (Å²) in [6.45, 7) is 5.50. The highest BCUT2D eigenvalue weighted by atomic mass is 32.1. The number of hydrogen-bond donors (Lipinski definition) is 4. The fraction of sp³-hybridized carbons (Fsp3) is 0.386. The number of ether oxygens (including phenoxy) is 4. The molecule has 5 N–H and O–H groups in total. The second-order valence-electron chi connectivity index (χ2n) is 18.8. The quantitative estimate of drug-likeness (QED) is 0.0331. The van der Waals surface area contributed by atoms with Crippen LogP contribution >= 0.6 is 11.3 Å². The number of benzene rings is 4. The molecular weight excluding hydrogens is 973 g/mol. The number of amides is 3. The molecule has 75 heavy (non-hydrogen) atoms. The Morgan fingerprint density at radius 3 is 2.35 bits per heavy atom. The van der Waals surface area contributed by atoms with E-state index in [4.69, 9.17) is 29.7 Å². The van der Waals surface area contributed by atoms with Crippen molar-refractivity contribution in [2.75, 3.05) is 58.9 Å². The van der Waals surface area contributed by atoms with E-state index < -0.39 is 24.1 Å². The average Bonchev–Trinajstić information content (AvgIpc) is 4.15. The van der Waals surface area contributed by atoms with Crippen molar-refractivity contribution in [3.63, 3.8) is 0 Å². The first-order chi connectivity index (χ1) is 36.5. The lowest BCUT2D eigenvalue weighted by Gasteiger charge is -2.35. The van der Waals surface area contributed by atoms with Gasteiger partial charge in [-0.15, -0.1) is 21.5 Å². The fourth-order valence-corrected chi connectivity index (χ4v) is 10.3. The molecule has 2 aromatic heterocycles. The van der Waals surface area contributed by atoms with Gasteiger partial charge in [-0.05, 0) is 85.5 Å². The molecule has 2 fully saturated rings. The van der Waals surface area contributed by atoms with Crippen molar-refractivity contribution < 1.29 is 43.2 Å². The number of nitrogens with two attached hydrogens (primary N) is 1. The summed E-state index contributed by atoms with van der Waals surface area (Å²) in [6.07, 6.45) is 5.47. The summed E-state index contributed by atoms with van der Waals surface area (Å²) < 4.78 is 22.9. The zero-order chi connectivity index (χ0) is 52.5. The third-order valence-electron chi connectivity index (χ3n) is 13.7. The number of para-hydroxylation sites is 1. The van der Waals surface area contributed by atoms with Crippen molar-refractivity contribution in [3.8, 4) is 33.9 Å². The number of anilines is 1. The van der Waals surface area contributed by atoms with E-state index in [9.17, 15) is 24.3 Å². The molecule has 0 bridgehead atoms. The van der Waals surface area contributed by atoms with Crippen molar-refractivity contribution in [3.05, 3.63) is 142 Å². The minimum absolute atomic E-state index is 0.0425. The highest BCUT2D eigenvalue weighted by molar-refractivity contribution is 7.10. The van der Waals surface area contributed by atoms with Gasteiger partial charge < -0.3 is 45.3 Å². The number of ketones is 1. The van der Waals surface area contributed by atoms with Crippen LogP contribution in [0.4, 0.5) is 10.6 Å². The Labute approximate surface area is 441 Å². The molecule has 6 aromatic rings. The molecule has 0 unspecified atom stereocenters. The molecule has 4 aromatic carbocycles. The molecule has 394 valence electrons. The maximum atomic E-state index is 14.6. The van der Waals surface area contributed by atoms with Gasteiger partial charge >= 0.3 is 6.09 Å². The second-order valence-corrected chi connectivity index (χ2v) is 19.7. The van der Waals surface area contributed by atoms with Crippen molar-refractivity contribution in [2.45, 2.75) is 83.1 Å². The molecule has 2 aliphatic rings. The Balaban J connectivity index is 0.743. The summed E-state index contributed by atoms with van der Waals surface area (Å²) in [7, 11) is 1.52. The number of aromatic hydroxyl groups is 1. The van der Waals surface area contributed by atoms with Crippen LogP contribution in [0.3, 0.4) is 0 Å². The summed E-state index contributed by atoms with van der Waals surface area (Å²) in [6, 6.07) is 31.2. The number of likely N-dealkylation sites (tertiary alicyclic amines) is 1. The predicted octanol–water partition coefficient (Wildman–Crippen LogP) is 8.37. The van der Waals surface area contributed by atoms with Gasteiger partial charge in [0.15, 0.2) is 5.82 Å². The van der Waals surface area contributed by atoms with E-state index in [0.29, 0.717) is 91.6 Å². The number of nitrogen functional groups attached to an aromatic ring is 1. The predicted molar refractivity (Wildman–Crippen MR) is 286 cm³/mol. The molecule has 0 spiro atoms.